The number of para-hydroxylation sites is 1. The molecule has 1 aromatic carbocycles. The first-order chi connectivity index (χ1) is 7.31. The van der Waals surface area contributed by atoms with Crippen LogP contribution in [0.4, 0.5) is 0 Å². The van der Waals surface area contributed by atoms with E-state index in [0.29, 0.717) is 3.26 Å². The van der Waals surface area contributed by atoms with Gasteiger partial charge in [0, 0.05) is 20.9 Å². The molecule has 1 heterocycles. The Bertz CT molecular complexity index is 456. The van der Waals surface area contributed by atoms with Crippen molar-refractivity contribution in [2.24, 2.45) is 0 Å². The van der Waals surface area contributed by atoms with Gasteiger partial charge in [-0.25, -0.2) is 0 Å². The number of nitrogens with zero attached hydrogens (tertiary/aromatic N) is 1. The molecule has 1 aromatic heterocycles. The fourth-order valence-corrected chi connectivity index (χ4v) is 3.48. The molecule has 0 aliphatic rings. The second kappa shape index (κ2) is 5.67. The van der Waals surface area contributed by atoms with Gasteiger partial charge in [-0.1, -0.05) is 63.4 Å². The normalized spacial score (nSPS) is 12.9. The van der Waals surface area contributed by atoms with Crippen molar-refractivity contribution < 1.29 is 0 Å². The van der Waals surface area contributed by atoms with E-state index in [0.717, 1.165) is 9.94 Å². The van der Waals surface area contributed by atoms with Crippen molar-refractivity contribution in [1.82, 2.24) is 4.98 Å². The van der Waals surface area contributed by atoms with E-state index in [1.54, 1.807) is 0 Å². The van der Waals surface area contributed by atoms with Crippen molar-refractivity contribution in [2.45, 2.75) is 8.15 Å². The van der Waals surface area contributed by atoms with Crippen LogP contribution >= 0.6 is 56.9 Å². The van der Waals surface area contributed by atoms with Crippen LogP contribution < -0.4 is 0 Å². The molecule has 1 nitrogen and oxygen atoms in total. The third-order valence-electron chi connectivity index (χ3n) is 1.97. The van der Waals surface area contributed by atoms with Gasteiger partial charge in [-0.15, -0.1) is 11.8 Å². The van der Waals surface area contributed by atoms with E-state index in [9.17, 15) is 0 Å². The maximum atomic E-state index is 4.44. The predicted molar refractivity (Wildman–Crippen MR) is 84.3 cm³/mol. The maximum absolute atomic E-state index is 4.44. The molecular formula is C11H9I2NS. The summed E-state index contributed by atoms with van der Waals surface area (Å²) < 4.78 is 1.75. The van der Waals surface area contributed by atoms with Crippen molar-refractivity contribution in [3.8, 4) is 0 Å². The summed E-state index contributed by atoms with van der Waals surface area (Å²) in [5.74, 6) is 0. The number of rotatable bonds is 3. The monoisotopic (exact) mass is 441 g/mol. The highest BCUT2D eigenvalue weighted by atomic mass is 127. The number of benzene rings is 1. The predicted octanol–water partition coefficient (Wildman–Crippen LogP) is 4.52. The van der Waals surface area contributed by atoms with Gasteiger partial charge in [0.2, 0.25) is 0 Å². The highest BCUT2D eigenvalue weighted by molar-refractivity contribution is 14.1. The van der Waals surface area contributed by atoms with Crippen molar-refractivity contribution >= 4 is 67.8 Å². The molecule has 2 aromatic rings. The second-order valence-corrected chi connectivity index (χ2v) is 7.49. The smallest absolute Gasteiger partial charge is 0.0838 e. The van der Waals surface area contributed by atoms with E-state index in [1.807, 2.05) is 24.0 Å². The van der Waals surface area contributed by atoms with Gasteiger partial charge in [0.1, 0.15) is 0 Å². The molecule has 0 amide bonds. The van der Waals surface area contributed by atoms with Crippen LogP contribution in [0.3, 0.4) is 0 Å². The summed E-state index contributed by atoms with van der Waals surface area (Å²) in [4.78, 5) is 5.72. The fraction of sp³-hybridized carbons (Fsp3) is 0.182. The lowest BCUT2D eigenvalue weighted by Crippen LogP contribution is -1.92. The molecule has 0 N–H and O–H groups in total. The van der Waals surface area contributed by atoms with Crippen LogP contribution in [0, 0.1) is 0 Å². The number of aromatic nitrogens is 1. The van der Waals surface area contributed by atoms with Crippen LogP contribution in [0.15, 0.2) is 41.4 Å². The summed E-state index contributed by atoms with van der Waals surface area (Å²) >= 11 is 6.77. The Labute approximate surface area is 121 Å². The molecule has 0 radical (unpaired) electrons. The number of thioether (sulfide) groups is 1. The lowest BCUT2D eigenvalue weighted by Gasteiger charge is -2.07. The first-order valence-electron chi connectivity index (χ1n) is 4.51. The van der Waals surface area contributed by atoms with E-state index in [-0.39, 0.29) is 0 Å². The molecular weight excluding hydrogens is 432 g/mol. The Balaban J connectivity index is 2.42. The lowest BCUT2D eigenvalue weighted by atomic mass is 10.2. The minimum absolute atomic E-state index is 0.607. The average molecular weight is 441 g/mol. The zero-order valence-electron chi connectivity index (χ0n) is 7.86. The molecule has 0 aliphatic heterocycles. The molecule has 0 aliphatic carbocycles. The van der Waals surface area contributed by atoms with Crippen LogP contribution in [0.25, 0.3) is 10.9 Å². The summed E-state index contributed by atoms with van der Waals surface area (Å²) in [5, 5.41) is 1.22. The summed E-state index contributed by atoms with van der Waals surface area (Å²) in [6, 6.07) is 10.5. The zero-order valence-corrected chi connectivity index (χ0v) is 13.0. The third kappa shape index (κ3) is 2.97. The van der Waals surface area contributed by atoms with Crippen LogP contribution in [-0.4, -0.2) is 12.7 Å². The molecule has 2 rings (SSSR count). The molecule has 4 heteroatoms. The van der Waals surface area contributed by atoms with E-state index >= 15 is 0 Å². The molecule has 0 saturated carbocycles. The van der Waals surface area contributed by atoms with Gasteiger partial charge in [0.25, 0.3) is 0 Å². The third-order valence-corrected chi connectivity index (χ3v) is 7.34. The molecule has 0 spiro atoms. The van der Waals surface area contributed by atoms with Crippen molar-refractivity contribution in [1.29, 1.82) is 0 Å². The first-order valence-corrected chi connectivity index (χ1v) is 8.17. The van der Waals surface area contributed by atoms with Gasteiger partial charge in [-0.3, -0.25) is 4.98 Å². The highest BCUT2D eigenvalue weighted by Crippen LogP contribution is 2.33. The number of alkyl halides is 2. The van der Waals surface area contributed by atoms with Gasteiger partial charge in [-0.05, 0) is 12.1 Å². The summed E-state index contributed by atoms with van der Waals surface area (Å²) in [6.07, 6.45) is 1.86. The fourth-order valence-electron chi connectivity index (χ4n) is 1.34. The molecule has 15 heavy (non-hydrogen) atoms. The van der Waals surface area contributed by atoms with Gasteiger partial charge in [0.15, 0.2) is 0 Å². The van der Waals surface area contributed by atoms with Gasteiger partial charge < -0.3 is 0 Å². The molecule has 1 atom stereocenters. The highest BCUT2D eigenvalue weighted by Gasteiger charge is 2.07. The average Bonchev–Trinajstić information content (AvgIpc) is 2.29. The van der Waals surface area contributed by atoms with Gasteiger partial charge >= 0.3 is 0 Å². The molecule has 0 fully saturated rings. The first kappa shape index (κ1) is 11.9. The van der Waals surface area contributed by atoms with E-state index < -0.39 is 0 Å². The number of halogens is 2. The minimum Gasteiger partial charge on any atom is -0.255 e. The Hall–Kier alpha value is 0.440. The van der Waals surface area contributed by atoms with Crippen LogP contribution in [0.5, 0.6) is 0 Å². The zero-order chi connectivity index (χ0) is 10.7. The number of hydrogen-bond acceptors (Lipinski definition) is 2. The van der Waals surface area contributed by atoms with Crippen molar-refractivity contribution in [2.75, 3.05) is 4.43 Å². The Morgan fingerprint density at radius 3 is 2.87 bits per heavy atom. The van der Waals surface area contributed by atoms with Crippen LogP contribution in [-0.2, 0) is 0 Å². The summed E-state index contributed by atoms with van der Waals surface area (Å²) in [5.41, 5.74) is 1.12. The summed E-state index contributed by atoms with van der Waals surface area (Å²) in [7, 11) is 0. The van der Waals surface area contributed by atoms with E-state index in [2.05, 4.69) is 74.4 Å². The standard InChI is InChI=1S/C11H9I2NS/c12-7-10(13)15-9-5-1-3-8-4-2-6-14-11(8)9/h1-6,10H,7H2. The number of hydrogen-bond donors (Lipinski definition) is 0. The minimum atomic E-state index is 0.607. The summed E-state index contributed by atoms with van der Waals surface area (Å²) in [6.45, 7) is 0. The second-order valence-electron chi connectivity index (χ2n) is 3.01. The van der Waals surface area contributed by atoms with E-state index in [1.165, 1.54) is 10.3 Å². The topological polar surface area (TPSA) is 12.9 Å². The Morgan fingerprint density at radius 1 is 1.27 bits per heavy atom. The maximum Gasteiger partial charge on any atom is 0.0838 e. The van der Waals surface area contributed by atoms with Crippen molar-refractivity contribution in [3.63, 3.8) is 0 Å². The van der Waals surface area contributed by atoms with Crippen molar-refractivity contribution in [3.05, 3.63) is 36.5 Å². The van der Waals surface area contributed by atoms with Crippen LogP contribution in [0.2, 0.25) is 0 Å². The molecule has 1 unspecified atom stereocenters. The number of pyridine rings is 1. The van der Waals surface area contributed by atoms with E-state index in [4.69, 9.17) is 0 Å². The van der Waals surface area contributed by atoms with Gasteiger partial charge in [-0.2, -0.15) is 0 Å². The molecule has 0 saturated heterocycles. The Morgan fingerprint density at radius 2 is 2.07 bits per heavy atom. The van der Waals surface area contributed by atoms with Crippen LogP contribution in [0.1, 0.15) is 0 Å². The lowest BCUT2D eigenvalue weighted by molar-refractivity contribution is 1.35. The number of fused-ring (bicyclic) bond motifs is 1. The Kier molecular flexibility index (Phi) is 4.51. The molecule has 0 bridgehead atoms. The van der Waals surface area contributed by atoms with Gasteiger partial charge in [0.05, 0.1) is 8.77 Å². The molecule has 78 valence electrons. The quantitative estimate of drug-likeness (QED) is 0.395. The largest absolute Gasteiger partial charge is 0.255 e. The SMILES string of the molecule is ICC(I)Sc1cccc2cccnc12.